The maximum atomic E-state index is 5.17. The van der Waals surface area contributed by atoms with Gasteiger partial charge in [0.1, 0.15) is 0 Å². The quantitative estimate of drug-likeness (QED) is 0.853. The number of anilines is 1. The molecule has 2 rings (SSSR count). The number of rotatable bonds is 4. The molecule has 1 N–H and O–H groups in total. The van der Waals surface area contributed by atoms with E-state index in [1.54, 1.807) is 7.11 Å². The first-order valence-corrected chi connectivity index (χ1v) is 6.64. The third-order valence-corrected chi connectivity index (χ3v) is 3.70. The molecule has 0 radical (unpaired) electrons. The summed E-state index contributed by atoms with van der Waals surface area (Å²) in [6.07, 6.45) is 5.41. The smallest absolute Gasteiger partial charge is 0.0713 e. The zero-order valence-electron chi connectivity index (χ0n) is 10.9. The summed E-state index contributed by atoms with van der Waals surface area (Å²) in [5, 5.41) is 3.67. The molecule has 94 valence electrons. The average molecular weight is 233 g/mol. The maximum Gasteiger partial charge on any atom is 0.0713 e. The van der Waals surface area contributed by atoms with Gasteiger partial charge >= 0.3 is 0 Å². The maximum absolute atomic E-state index is 5.17. The second-order valence-corrected chi connectivity index (χ2v) is 5.15. The fourth-order valence-electron chi connectivity index (χ4n) is 2.66. The summed E-state index contributed by atoms with van der Waals surface area (Å²) in [5.41, 5.74) is 2.47. The van der Waals surface area contributed by atoms with Crippen molar-refractivity contribution in [1.29, 1.82) is 0 Å². The van der Waals surface area contributed by atoms with Crippen LogP contribution in [0.5, 0.6) is 0 Å². The van der Waals surface area contributed by atoms with Crippen molar-refractivity contribution in [2.45, 2.75) is 45.3 Å². The molecular formula is C15H23NO. The molecule has 1 aromatic rings. The van der Waals surface area contributed by atoms with Crippen LogP contribution in [0.4, 0.5) is 5.69 Å². The summed E-state index contributed by atoms with van der Waals surface area (Å²) in [7, 11) is 1.74. The Bertz CT molecular complexity index is 351. The lowest BCUT2D eigenvalue weighted by Crippen LogP contribution is -2.30. The molecule has 1 saturated carbocycles. The highest BCUT2D eigenvalue weighted by atomic mass is 16.5. The Morgan fingerprint density at radius 2 is 2.12 bits per heavy atom. The summed E-state index contributed by atoms with van der Waals surface area (Å²) in [6, 6.07) is 9.20. The van der Waals surface area contributed by atoms with Crippen molar-refractivity contribution in [1.82, 2.24) is 0 Å². The van der Waals surface area contributed by atoms with E-state index < -0.39 is 0 Å². The zero-order chi connectivity index (χ0) is 12.1. The minimum atomic E-state index is 0.640. The van der Waals surface area contributed by atoms with Crippen molar-refractivity contribution >= 4 is 5.69 Å². The molecule has 0 aliphatic heterocycles. The van der Waals surface area contributed by atoms with Crippen molar-refractivity contribution in [3.05, 3.63) is 29.8 Å². The van der Waals surface area contributed by atoms with Crippen LogP contribution >= 0.6 is 0 Å². The molecule has 1 aromatic carbocycles. The predicted octanol–water partition coefficient (Wildman–Crippen LogP) is 3.82. The van der Waals surface area contributed by atoms with E-state index >= 15 is 0 Å². The lowest BCUT2D eigenvalue weighted by molar-refractivity contribution is 0.185. The van der Waals surface area contributed by atoms with Crippen LogP contribution in [0.15, 0.2) is 24.3 Å². The van der Waals surface area contributed by atoms with Crippen molar-refractivity contribution in [3.8, 4) is 0 Å². The second kappa shape index (κ2) is 6.06. The standard InChI is InChI=1S/C15H23NO/c1-12-6-3-4-9-15(12)16-14-8-5-7-13(10-14)11-17-2/h5,7-8,10,12,15-16H,3-4,6,9,11H2,1-2H3. The van der Waals surface area contributed by atoms with E-state index in [1.807, 2.05) is 0 Å². The second-order valence-electron chi connectivity index (χ2n) is 5.15. The van der Waals surface area contributed by atoms with E-state index in [0.717, 1.165) is 5.92 Å². The van der Waals surface area contributed by atoms with Gasteiger partial charge in [0.2, 0.25) is 0 Å². The lowest BCUT2D eigenvalue weighted by Gasteiger charge is -2.30. The Morgan fingerprint density at radius 1 is 1.29 bits per heavy atom. The van der Waals surface area contributed by atoms with E-state index in [1.165, 1.54) is 36.9 Å². The molecular weight excluding hydrogens is 210 g/mol. The number of ether oxygens (including phenoxy) is 1. The van der Waals surface area contributed by atoms with Crippen LogP contribution in [0.2, 0.25) is 0 Å². The van der Waals surface area contributed by atoms with Crippen molar-refractivity contribution in [3.63, 3.8) is 0 Å². The first kappa shape index (κ1) is 12.4. The van der Waals surface area contributed by atoms with Crippen LogP contribution in [-0.2, 0) is 11.3 Å². The average Bonchev–Trinajstić information content (AvgIpc) is 2.33. The highest BCUT2D eigenvalue weighted by molar-refractivity contribution is 5.46. The van der Waals surface area contributed by atoms with Gasteiger partial charge in [0, 0.05) is 18.8 Å². The van der Waals surface area contributed by atoms with Gasteiger partial charge in [-0.1, -0.05) is 31.9 Å². The molecule has 17 heavy (non-hydrogen) atoms. The first-order valence-electron chi connectivity index (χ1n) is 6.64. The van der Waals surface area contributed by atoms with Crippen LogP contribution in [-0.4, -0.2) is 13.2 Å². The van der Waals surface area contributed by atoms with E-state index in [9.17, 15) is 0 Å². The first-order chi connectivity index (χ1) is 8.29. The third kappa shape index (κ3) is 3.47. The summed E-state index contributed by atoms with van der Waals surface area (Å²) in [5.74, 6) is 0.787. The molecule has 2 heteroatoms. The van der Waals surface area contributed by atoms with Crippen LogP contribution in [0, 0.1) is 5.92 Å². The molecule has 1 aliphatic carbocycles. The molecule has 0 bridgehead atoms. The number of benzene rings is 1. The van der Waals surface area contributed by atoms with Crippen molar-refractivity contribution in [2.24, 2.45) is 5.92 Å². The van der Waals surface area contributed by atoms with Crippen LogP contribution in [0.1, 0.15) is 38.2 Å². The molecule has 1 fully saturated rings. The van der Waals surface area contributed by atoms with Crippen LogP contribution in [0.25, 0.3) is 0 Å². The molecule has 0 amide bonds. The zero-order valence-corrected chi connectivity index (χ0v) is 10.9. The molecule has 0 saturated heterocycles. The molecule has 1 aliphatic rings. The number of nitrogens with one attached hydrogen (secondary N) is 1. The minimum absolute atomic E-state index is 0.640. The third-order valence-electron chi connectivity index (χ3n) is 3.70. The fraction of sp³-hybridized carbons (Fsp3) is 0.600. The van der Waals surface area contributed by atoms with Gasteiger partial charge in [0.05, 0.1) is 6.61 Å². The monoisotopic (exact) mass is 233 g/mol. The fourth-order valence-corrected chi connectivity index (χ4v) is 2.66. The number of hydrogen-bond donors (Lipinski definition) is 1. The normalized spacial score (nSPS) is 24.6. The molecule has 2 nitrogen and oxygen atoms in total. The Labute approximate surface area is 104 Å². The Kier molecular flexibility index (Phi) is 4.43. The van der Waals surface area contributed by atoms with Gasteiger partial charge in [-0.25, -0.2) is 0 Å². The highest BCUT2D eigenvalue weighted by Gasteiger charge is 2.20. The van der Waals surface area contributed by atoms with Gasteiger partial charge in [0.25, 0.3) is 0 Å². The summed E-state index contributed by atoms with van der Waals surface area (Å²) < 4.78 is 5.17. The molecule has 0 heterocycles. The number of hydrogen-bond acceptors (Lipinski definition) is 2. The van der Waals surface area contributed by atoms with E-state index in [4.69, 9.17) is 4.74 Å². The predicted molar refractivity (Wildman–Crippen MR) is 72.2 cm³/mol. The molecule has 2 atom stereocenters. The lowest BCUT2D eigenvalue weighted by atomic mass is 9.86. The summed E-state index contributed by atoms with van der Waals surface area (Å²) in [6.45, 7) is 3.05. The van der Waals surface area contributed by atoms with Gasteiger partial charge in [-0.05, 0) is 36.5 Å². The van der Waals surface area contributed by atoms with E-state index in [-0.39, 0.29) is 0 Å². The molecule has 0 aromatic heterocycles. The Hall–Kier alpha value is -1.02. The van der Waals surface area contributed by atoms with Gasteiger partial charge in [-0.15, -0.1) is 0 Å². The highest BCUT2D eigenvalue weighted by Crippen LogP contribution is 2.27. The molecule has 0 spiro atoms. The minimum Gasteiger partial charge on any atom is -0.382 e. The Balaban J connectivity index is 1.99. The van der Waals surface area contributed by atoms with Gasteiger partial charge in [-0.3, -0.25) is 0 Å². The van der Waals surface area contributed by atoms with Gasteiger partial charge in [-0.2, -0.15) is 0 Å². The molecule has 2 unspecified atom stereocenters. The van der Waals surface area contributed by atoms with E-state index in [2.05, 4.69) is 36.5 Å². The van der Waals surface area contributed by atoms with Gasteiger partial charge in [0.15, 0.2) is 0 Å². The largest absolute Gasteiger partial charge is 0.382 e. The van der Waals surface area contributed by atoms with Crippen LogP contribution in [0.3, 0.4) is 0 Å². The van der Waals surface area contributed by atoms with Crippen molar-refractivity contribution in [2.75, 3.05) is 12.4 Å². The van der Waals surface area contributed by atoms with Crippen LogP contribution < -0.4 is 5.32 Å². The van der Waals surface area contributed by atoms with E-state index in [0.29, 0.717) is 12.6 Å². The van der Waals surface area contributed by atoms with Gasteiger partial charge < -0.3 is 10.1 Å². The number of methoxy groups -OCH3 is 1. The summed E-state index contributed by atoms with van der Waals surface area (Å²) in [4.78, 5) is 0. The summed E-state index contributed by atoms with van der Waals surface area (Å²) >= 11 is 0. The SMILES string of the molecule is COCc1cccc(NC2CCCCC2C)c1. The Morgan fingerprint density at radius 3 is 2.88 bits per heavy atom. The topological polar surface area (TPSA) is 21.3 Å². The van der Waals surface area contributed by atoms with Crippen molar-refractivity contribution < 1.29 is 4.74 Å².